The summed E-state index contributed by atoms with van der Waals surface area (Å²) in [5, 5.41) is 12.5. The van der Waals surface area contributed by atoms with Crippen LogP contribution in [0.25, 0.3) is 0 Å². The second-order valence-electron chi connectivity index (χ2n) is 8.86. The van der Waals surface area contributed by atoms with E-state index in [1.54, 1.807) is 0 Å². The summed E-state index contributed by atoms with van der Waals surface area (Å²) < 4.78 is 12.0. The smallest absolute Gasteiger partial charge is 0.305 e. The fraction of sp³-hybridized carbons (Fsp3) is 0.286. The Morgan fingerprint density at radius 1 is 0.912 bits per heavy atom. The summed E-state index contributed by atoms with van der Waals surface area (Å²) in [4.78, 5) is 25.2. The first-order valence-corrected chi connectivity index (χ1v) is 11.7. The molecule has 1 saturated carbocycles. The van der Waals surface area contributed by atoms with Crippen molar-refractivity contribution in [2.75, 3.05) is 0 Å². The fourth-order valence-corrected chi connectivity index (χ4v) is 4.85. The minimum absolute atomic E-state index is 0.221. The highest BCUT2D eigenvalue weighted by Crippen LogP contribution is 2.44. The first-order valence-electron chi connectivity index (χ1n) is 11.7. The summed E-state index contributed by atoms with van der Waals surface area (Å²) >= 11 is 0. The number of carbonyl (C=O) groups is 2. The lowest BCUT2D eigenvalue weighted by atomic mass is 9.86. The monoisotopic (exact) mass is 457 g/mol. The summed E-state index contributed by atoms with van der Waals surface area (Å²) in [6.45, 7) is 0. The van der Waals surface area contributed by atoms with Gasteiger partial charge in [-0.25, -0.2) is 0 Å². The van der Waals surface area contributed by atoms with E-state index in [1.807, 2.05) is 72.8 Å². The van der Waals surface area contributed by atoms with Crippen LogP contribution in [0.5, 0.6) is 17.2 Å². The fourth-order valence-electron chi connectivity index (χ4n) is 4.85. The molecule has 6 nitrogen and oxygen atoms in total. The Bertz CT molecular complexity index is 1140. The second kappa shape index (κ2) is 9.59. The topological polar surface area (TPSA) is 84.9 Å². The van der Waals surface area contributed by atoms with E-state index >= 15 is 0 Å². The standard InChI is InChI=1S/C28H27NO5/c30-26(31)17-23(18-13-15-20(16-14-18)33-19-7-1-2-8-19)29-28(32)27-21-9-3-5-11-24(21)34-25-12-6-4-10-22(25)27/h3-6,9-16,19,23,27H,1-2,7-8,17H2,(H,29,32)(H,30,31)/t23-/m0/s1. The maximum atomic E-state index is 13.6. The molecule has 1 atom stereocenters. The average Bonchev–Trinajstić information content (AvgIpc) is 3.35. The molecular formula is C28H27NO5. The lowest BCUT2D eigenvalue weighted by Gasteiger charge is -2.29. The molecule has 5 rings (SSSR count). The summed E-state index contributed by atoms with van der Waals surface area (Å²) in [6, 6.07) is 21.6. The number of fused-ring (bicyclic) bond motifs is 2. The molecule has 3 aromatic rings. The number of carbonyl (C=O) groups excluding carboxylic acids is 1. The van der Waals surface area contributed by atoms with Gasteiger partial charge in [0.15, 0.2) is 0 Å². The van der Waals surface area contributed by atoms with Crippen LogP contribution in [-0.4, -0.2) is 23.1 Å². The van der Waals surface area contributed by atoms with Crippen molar-refractivity contribution in [2.24, 2.45) is 0 Å². The molecule has 0 radical (unpaired) electrons. The number of nitrogens with one attached hydrogen (secondary N) is 1. The van der Waals surface area contributed by atoms with Crippen LogP contribution in [0.4, 0.5) is 0 Å². The number of amides is 1. The number of hydrogen-bond donors (Lipinski definition) is 2. The van der Waals surface area contributed by atoms with Gasteiger partial charge in [0, 0.05) is 11.1 Å². The maximum Gasteiger partial charge on any atom is 0.305 e. The summed E-state index contributed by atoms with van der Waals surface area (Å²) in [7, 11) is 0. The minimum atomic E-state index is -0.982. The third-order valence-corrected chi connectivity index (χ3v) is 6.52. The van der Waals surface area contributed by atoms with Crippen LogP contribution in [0.1, 0.15) is 60.8 Å². The molecular weight excluding hydrogens is 430 g/mol. The molecule has 0 unspecified atom stereocenters. The van der Waals surface area contributed by atoms with E-state index in [9.17, 15) is 14.7 Å². The second-order valence-corrected chi connectivity index (χ2v) is 8.86. The minimum Gasteiger partial charge on any atom is -0.490 e. The molecule has 0 bridgehead atoms. The van der Waals surface area contributed by atoms with Gasteiger partial charge in [0.2, 0.25) is 5.91 Å². The van der Waals surface area contributed by atoms with E-state index in [1.165, 1.54) is 12.8 Å². The van der Waals surface area contributed by atoms with Crippen molar-refractivity contribution >= 4 is 11.9 Å². The molecule has 1 fully saturated rings. The highest BCUT2D eigenvalue weighted by Gasteiger charge is 2.34. The maximum absolute atomic E-state index is 13.6. The normalized spacial score (nSPS) is 16.1. The predicted molar refractivity (Wildman–Crippen MR) is 127 cm³/mol. The van der Waals surface area contributed by atoms with Gasteiger partial charge in [-0.3, -0.25) is 9.59 Å². The number of ether oxygens (including phenoxy) is 2. The van der Waals surface area contributed by atoms with Gasteiger partial charge >= 0.3 is 5.97 Å². The number of hydrogen-bond acceptors (Lipinski definition) is 4. The van der Waals surface area contributed by atoms with Gasteiger partial charge in [0.25, 0.3) is 0 Å². The van der Waals surface area contributed by atoms with E-state index in [-0.39, 0.29) is 18.4 Å². The largest absolute Gasteiger partial charge is 0.490 e. The van der Waals surface area contributed by atoms with Gasteiger partial charge < -0.3 is 19.9 Å². The molecule has 34 heavy (non-hydrogen) atoms. The number of carboxylic acid groups (broad SMARTS) is 1. The van der Waals surface area contributed by atoms with E-state index < -0.39 is 17.9 Å². The molecule has 1 heterocycles. The molecule has 6 heteroatoms. The van der Waals surface area contributed by atoms with Crippen molar-refractivity contribution in [2.45, 2.75) is 50.2 Å². The summed E-state index contributed by atoms with van der Waals surface area (Å²) in [5.41, 5.74) is 2.24. The van der Waals surface area contributed by atoms with Crippen molar-refractivity contribution in [3.05, 3.63) is 89.5 Å². The first kappa shape index (κ1) is 22.0. The zero-order chi connectivity index (χ0) is 23.5. The van der Waals surface area contributed by atoms with E-state index in [0.29, 0.717) is 11.5 Å². The van der Waals surface area contributed by atoms with Crippen molar-refractivity contribution in [1.29, 1.82) is 0 Å². The lowest BCUT2D eigenvalue weighted by Crippen LogP contribution is -2.35. The molecule has 2 aliphatic rings. The molecule has 0 spiro atoms. The quantitative estimate of drug-likeness (QED) is 0.484. The molecule has 2 N–H and O–H groups in total. The molecule has 3 aromatic carbocycles. The van der Waals surface area contributed by atoms with Gasteiger partial charge in [-0.15, -0.1) is 0 Å². The molecule has 1 aliphatic carbocycles. The number of rotatable bonds is 7. The number of para-hydroxylation sites is 2. The van der Waals surface area contributed by atoms with Crippen LogP contribution in [-0.2, 0) is 9.59 Å². The number of carboxylic acids is 1. The highest BCUT2D eigenvalue weighted by molar-refractivity contribution is 5.90. The van der Waals surface area contributed by atoms with E-state index in [4.69, 9.17) is 9.47 Å². The summed E-state index contributed by atoms with van der Waals surface area (Å²) in [5.74, 6) is 0.185. The van der Waals surface area contributed by atoms with Gasteiger partial charge in [-0.05, 0) is 55.5 Å². The lowest BCUT2D eigenvalue weighted by molar-refractivity contribution is -0.137. The Hall–Kier alpha value is -3.80. The zero-order valence-electron chi connectivity index (χ0n) is 18.8. The Morgan fingerprint density at radius 3 is 2.09 bits per heavy atom. The van der Waals surface area contributed by atoms with Gasteiger partial charge in [0.05, 0.1) is 24.5 Å². The number of aliphatic carboxylic acids is 1. The van der Waals surface area contributed by atoms with E-state index in [0.717, 1.165) is 35.3 Å². The van der Waals surface area contributed by atoms with Crippen molar-refractivity contribution in [1.82, 2.24) is 5.32 Å². The Kier molecular flexibility index (Phi) is 6.21. The molecule has 174 valence electrons. The number of benzene rings is 3. The predicted octanol–water partition coefficient (Wildman–Crippen LogP) is 5.58. The first-order chi connectivity index (χ1) is 16.6. The van der Waals surface area contributed by atoms with Gasteiger partial charge in [-0.2, -0.15) is 0 Å². The van der Waals surface area contributed by atoms with Crippen molar-refractivity contribution in [3.8, 4) is 17.2 Å². The van der Waals surface area contributed by atoms with Crippen LogP contribution in [0.15, 0.2) is 72.8 Å². The molecule has 1 amide bonds. The Labute approximate surface area is 198 Å². The van der Waals surface area contributed by atoms with Crippen LogP contribution in [0, 0.1) is 0 Å². The molecule has 0 saturated heterocycles. The van der Waals surface area contributed by atoms with Crippen LogP contribution in [0.2, 0.25) is 0 Å². The summed E-state index contributed by atoms with van der Waals surface area (Å²) in [6.07, 6.45) is 4.53. The third-order valence-electron chi connectivity index (χ3n) is 6.52. The Balaban J connectivity index is 1.39. The van der Waals surface area contributed by atoms with Crippen molar-refractivity contribution < 1.29 is 24.2 Å². The molecule has 0 aromatic heterocycles. The van der Waals surface area contributed by atoms with E-state index in [2.05, 4.69) is 5.32 Å². The van der Waals surface area contributed by atoms with Crippen molar-refractivity contribution in [3.63, 3.8) is 0 Å². The van der Waals surface area contributed by atoms with Crippen LogP contribution in [0.3, 0.4) is 0 Å². The average molecular weight is 458 g/mol. The van der Waals surface area contributed by atoms with Crippen LogP contribution < -0.4 is 14.8 Å². The van der Waals surface area contributed by atoms with Crippen LogP contribution >= 0.6 is 0 Å². The molecule has 1 aliphatic heterocycles. The van der Waals surface area contributed by atoms with Gasteiger partial charge in [0.1, 0.15) is 17.2 Å². The SMILES string of the molecule is O=C(O)C[C@H](NC(=O)C1c2ccccc2Oc2ccccc21)c1ccc(OC2CCCC2)cc1. The Morgan fingerprint density at radius 2 is 1.50 bits per heavy atom. The highest BCUT2D eigenvalue weighted by atomic mass is 16.5. The van der Waals surface area contributed by atoms with Gasteiger partial charge in [-0.1, -0.05) is 48.5 Å². The zero-order valence-corrected chi connectivity index (χ0v) is 18.8. The third kappa shape index (κ3) is 4.62.